The van der Waals surface area contributed by atoms with E-state index >= 15 is 0 Å². The third kappa shape index (κ3) is 3.72. The zero-order valence-electron chi connectivity index (χ0n) is 10.5. The largest absolute Gasteiger partial charge is 0.453 e. The van der Waals surface area contributed by atoms with Crippen molar-refractivity contribution in [1.82, 2.24) is 4.90 Å². The summed E-state index contributed by atoms with van der Waals surface area (Å²) in [6.45, 7) is 4.36. The number of hydrogen-bond donors (Lipinski definition) is 1. The van der Waals surface area contributed by atoms with E-state index in [0.29, 0.717) is 0 Å². The van der Waals surface area contributed by atoms with Crippen molar-refractivity contribution in [3.05, 3.63) is 29.8 Å². The molecule has 1 aliphatic rings. The van der Waals surface area contributed by atoms with E-state index in [2.05, 4.69) is 21.0 Å². The molecule has 1 aromatic carbocycles. The molecule has 1 N–H and O–H groups in total. The van der Waals surface area contributed by atoms with Crippen LogP contribution in [-0.4, -0.2) is 44.4 Å². The molecule has 1 heterocycles. The molecule has 0 aromatic heterocycles. The number of benzene rings is 1. The van der Waals surface area contributed by atoms with Crippen LogP contribution in [0.4, 0.5) is 10.5 Å². The number of rotatable bonds is 3. The van der Waals surface area contributed by atoms with Crippen molar-refractivity contribution in [2.24, 2.45) is 0 Å². The molecule has 1 fully saturated rings. The van der Waals surface area contributed by atoms with Crippen molar-refractivity contribution in [2.75, 3.05) is 38.7 Å². The minimum absolute atomic E-state index is 0.446. The van der Waals surface area contributed by atoms with Crippen LogP contribution in [0.25, 0.3) is 0 Å². The Morgan fingerprint density at radius 1 is 1.44 bits per heavy atom. The summed E-state index contributed by atoms with van der Waals surface area (Å²) in [6, 6.07) is 7.80. The molecule has 0 atom stereocenters. The highest BCUT2D eigenvalue weighted by Gasteiger charge is 2.11. The van der Waals surface area contributed by atoms with Gasteiger partial charge < -0.3 is 9.47 Å². The van der Waals surface area contributed by atoms with Crippen molar-refractivity contribution < 1.29 is 14.3 Å². The lowest BCUT2D eigenvalue weighted by Gasteiger charge is -2.26. The van der Waals surface area contributed by atoms with Crippen LogP contribution in [-0.2, 0) is 16.0 Å². The van der Waals surface area contributed by atoms with Crippen LogP contribution in [0.1, 0.15) is 5.56 Å². The number of hydrogen-bond acceptors (Lipinski definition) is 4. The van der Waals surface area contributed by atoms with Gasteiger partial charge in [-0.2, -0.15) is 0 Å². The summed E-state index contributed by atoms with van der Waals surface area (Å²) < 4.78 is 9.88. The first kappa shape index (κ1) is 12.9. The molecule has 5 nitrogen and oxygen atoms in total. The van der Waals surface area contributed by atoms with Crippen LogP contribution in [0.3, 0.4) is 0 Å². The molecule has 0 bridgehead atoms. The second-order valence-corrected chi connectivity index (χ2v) is 4.21. The Morgan fingerprint density at radius 3 is 2.94 bits per heavy atom. The van der Waals surface area contributed by atoms with E-state index in [0.717, 1.165) is 38.5 Å². The molecular formula is C13H18N2O3. The normalized spacial score (nSPS) is 16.3. The van der Waals surface area contributed by atoms with Crippen molar-refractivity contribution in [3.63, 3.8) is 0 Å². The lowest BCUT2D eigenvalue weighted by Crippen LogP contribution is -2.35. The number of carbonyl (C=O) groups excluding carboxylic acids is 1. The fraction of sp³-hybridized carbons (Fsp3) is 0.462. The van der Waals surface area contributed by atoms with E-state index in [1.54, 1.807) is 0 Å². The Morgan fingerprint density at radius 2 is 2.22 bits per heavy atom. The number of methoxy groups -OCH3 is 1. The molecule has 0 aliphatic carbocycles. The third-order valence-corrected chi connectivity index (χ3v) is 2.87. The summed E-state index contributed by atoms with van der Waals surface area (Å²) >= 11 is 0. The maximum absolute atomic E-state index is 11.1. The zero-order chi connectivity index (χ0) is 12.8. The van der Waals surface area contributed by atoms with Crippen LogP contribution < -0.4 is 5.32 Å². The fourth-order valence-electron chi connectivity index (χ4n) is 1.93. The van der Waals surface area contributed by atoms with E-state index in [-0.39, 0.29) is 0 Å². The maximum atomic E-state index is 11.1. The SMILES string of the molecule is COC(=O)Nc1cccc(CN2CCOCC2)c1. The average molecular weight is 250 g/mol. The molecule has 1 aliphatic heterocycles. The molecule has 5 heteroatoms. The van der Waals surface area contributed by atoms with Gasteiger partial charge in [0.05, 0.1) is 20.3 Å². The zero-order valence-corrected chi connectivity index (χ0v) is 10.5. The summed E-state index contributed by atoms with van der Waals surface area (Å²) in [5.41, 5.74) is 1.93. The third-order valence-electron chi connectivity index (χ3n) is 2.87. The topological polar surface area (TPSA) is 50.8 Å². The van der Waals surface area contributed by atoms with Crippen LogP contribution in [0.2, 0.25) is 0 Å². The quantitative estimate of drug-likeness (QED) is 0.887. The van der Waals surface area contributed by atoms with Crippen LogP contribution >= 0.6 is 0 Å². The highest BCUT2D eigenvalue weighted by Crippen LogP contribution is 2.13. The van der Waals surface area contributed by atoms with Crippen LogP contribution in [0, 0.1) is 0 Å². The highest BCUT2D eigenvalue weighted by molar-refractivity contribution is 5.84. The van der Waals surface area contributed by atoms with E-state index < -0.39 is 6.09 Å². The average Bonchev–Trinajstić information content (AvgIpc) is 2.40. The maximum Gasteiger partial charge on any atom is 0.411 e. The number of nitrogens with zero attached hydrogens (tertiary/aromatic N) is 1. The van der Waals surface area contributed by atoms with E-state index in [1.807, 2.05) is 18.2 Å². The summed E-state index contributed by atoms with van der Waals surface area (Å²) in [6.07, 6.45) is -0.446. The number of anilines is 1. The summed E-state index contributed by atoms with van der Waals surface area (Å²) in [7, 11) is 1.35. The molecule has 18 heavy (non-hydrogen) atoms. The monoisotopic (exact) mass is 250 g/mol. The van der Waals surface area contributed by atoms with Gasteiger partial charge >= 0.3 is 6.09 Å². The van der Waals surface area contributed by atoms with Gasteiger partial charge in [0.25, 0.3) is 0 Å². The minimum atomic E-state index is -0.446. The van der Waals surface area contributed by atoms with Crippen molar-refractivity contribution in [3.8, 4) is 0 Å². The van der Waals surface area contributed by atoms with Gasteiger partial charge in [0.2, 0.25) is 0 Å². The Hall–Kier alpha value is -1.59. The van der Waals surface area contributed by atoms with Gasteiger partial charge in [-0.15, -0.1) is 0 Å². The van der Waals surface area contributed by atoms with Crippen molar-refractivity contribution in [2.45, 2.75) is 6.54 Å². The first-order chi connectivity index (χ1) is 8.78. The van der Waals surface area contributed by atoms with Gasteiger partial charge in [-0.1, -0.05) is 12.1 Å². The molecule has 0 saturated carbocycles. The van der Waals surface area contributed by atoms with Crippen molar-refractivity contribution in [1.29, 1.82) is 0 Å². The standard InChI is InChI=1S/C13H18N2O3/c1-17-13(16)14-12-4-2-3-11(9-12)10-15-5-7-18-8-6-15/h2-4,9H,5-8,10H2,1H3,(H,14,16). The van der Waals surface area contributed by atoms with Gasteiger partial charge in [0, 0.05) is 25.3 Å². The first-order valence-electron chi connectivity index (χ1n) is 6.02. The molecular weight excluding hydrogens is 232 g/mol. The molecule has 1 amide bonds. The Bertz CT molecular complexity index is 403. The number of amides is 1. The number of carbonyl (C=O) groups is 1. The summed E-state index contributed by atoms with van der Waals surface area (Å²) in [5, 5.41) is 2.66. The predicted molar refractivity (Wildman–Crippen MR) is 68.6 cm³/mol. The molecule has 1 saturated heterocycles. The second-order valence-electron chi connectivity index (χ2n) is 4.21. The molecule has 0 spiro atoms. The molecule has 0 radical (unpaired) electrons. The van der Waals surface area contributed by atoms with E-state index in [4.69, 9.17) is 4.74 Å². The van der Waals surface area contributed by atoms with Crippen molar-refractivity contribution >= 4 is 11.8 Å². The molecule has 1 aromatic rings. The Kier molecular flexibility index (Phi) is 4.55. The summed E-state index contributed by atoms with van der Waals surface area (Å²) in [4.78, 5) is 13.5. The predicted octanol–water partition coefficient (Wildman–Crippen LogP) is 1.70. The fourth-order valence-corrected chi connectivity index (χ4v) is 1.93. The smallest absolute Gasteiger partial charge is 0.411 e. The van der Waals surface area contributed by atoms with Crippen LogP contribution in [0.15, 0.2) is 24.3 Å². The molecule has 98 valence electrons. The van der Waals surface area contributed by atoms with Gasteiger partial charge in [-0.3, -0.25) is 10.2 Å². The molecule has 2 rings (SSSR count). The van der Waals surface area contributed by atoms with Gasteiger partial charge in [0.15, 0.2) is 0 Å². The lowest BCUT2D eigenvalue weighted by molar-refractivity contribution is 0.0342. The van der Waals surface area contributed by atoms with Gasteiger partial charge in [0.1, 0.15) is 0 Å². The number of ether oxygens (including phenoxy) is 2. The van der Waals surface area contributed by atoms with Gasteiger partial charge in [-0.05, 0) is 17.7 Å². The molecule has 0 unspecified atom stereocenters. The van der Waals surface area contributed by atoms with Gasteiger partial charge in [-0.25, -0.2) is 4.79 Å². The van der Waals surface area contributed by atoms with E-state index in [9.17, 15) is 4.79 Å². The second kappa shape index (κ2) is 6.37. The number of nitrogens with one attached hydrogen (secondary N) is 1. The Balaban J connectivity index is 1.95. The highest BCUT2D eigenvalue weighted by atomic mass is 16.5. The van der Waals surface area contributed by atoms with E-state index in [1.165, 1.54) is 12.7 Å². The first-order valence-corrected chi connectivity index (χ1v) is 6.02. The number of morpholine rings is 1. The summed E-state index contributed by atoms with van der Waals surface area (Å²) in [5.74, 6) is 0. The Labute approximate surface area is 107 Å². The van der Waals surface area contributed by atoms with Crippen LogP contribution in [0.5, 0.6) is 0 Å². The minimum Gasteiger partial charge on any atom is -0.453 e. The lowest BCUT2D eigenvalue weighted by atomic mass is 10.2.